The topological polar surface area (TPSA) is 51.3 Å². The Morgan fingerprint density at radius 1 is 1.08 bits per heavy atom. The van der Waals surface area contributed by atoms with Crippen LogP contribution in [0, 0.1) is 10.1 Å². The predicted molar refractivity (Wildman–Crippen MR) is 96.6 cm³/mol. The molecule has 0 spiro atoms. The van der Waals surface area contributed by atoms with Gasteiger partial charge in [0, 0.05) is 30.3 Å². The summed E-state index contributed by atoms with van der Waals surface area (Å²) >= 11 is 0. The highest BCUT2D eigenvalue weighted by Crippen LogP contribution is 2.27. The van der Waals surface area contributed by atoms with E-state index in [0.29, 0.717) is 0 Å². The highest BCUT2D eigenvalue weighted by Gasteiger charge is 2.13. The van der Waals surface area contributed by atoms with Crippen LogP contribution in [0.15, 0.2) is 54.7 Å². The van der Waals surface area contributed by atoms with Crippen LogP contribution in [-0.4, -0.2) is 27.5 Å². The van der Waals surface area contributed by atoms with E-state index in [2.05, 4.69) is 37.1 Å². The zero-order valence-corrected chi connectivity index (χ0v) is 14.0. The molecule has 0 amide bonds. The van der Waals surface area contributed by atoms with Crippen molar-refractivity contribution in [3.63, 3.8) is 0 Å². The van der Waals surface area contributed by atoms with Crippen molar-refractivity contribution in [3.05, 3.63) is 70.4 Å². The van der Waals surface area contributed by atoms with Gasteiger partial charge in [-0.1, -0.05) is 38.1 Å². The van der Waals surface area contributed by atoms with Crippen molar-refractivity contribution in [3.8, 4) is 5.69 Å². The van der Waals surface area contributed by atoms with Crippen molar-refractivity contribution in [2.24, 2.45) is 0 Å². The lowest BCUT2D eigenvalue weighted by atomic mass is 10.1. The first kappa shape index (κ1) is 16.2. The predicted octanol–water partition coefficient (Wildman–Crippen LogP) is 4.38. The Kier molecular flexibility index (Phi) is 4.62. The number of nitrogens with zero attached hydrogens (tertiary/aromatic N) is 3. The molecular formula is C19H21N3O2. The van der Waals surface area contributed by atoms with E-state index < -0.39 is 0 Å². The second kappa shape index (κ2) is 6.84. The fraction of sp³-hybridized carbons (Fsp3) is 0.263. The zero-order chi connectivity index (χ0) is 17.1. The average Bonchev–Trinajstić information content (AvgIpc) is 2.98. The number of benzene rings is 2. The molecule has 0 aliphatic carbocycles. The van der Waals surface area contributed by atoms with Gasteiger partial charge in [-0.15, -0.1) is 0 Å². The number of para-hydroxylation sites is 1. The fourth-order valence-corrected chi connectivity index (χ4v) is 3.03. The van der Waals surface area contributed by atoms with Gasteiger partial charge in [0.2, 0.25) is 0 Å². The number of non-ortho nitro benzene ring substituents is 1. The minimum atomic E-state index is -0.355. The number of aromatic nitrogens is 1. The number of hydrogen-bond acceptors (Lipinski definition) is 3. The van der Waals surface area contributed by atoms with E-state index in [-0.39, 0.29) is 10.6 Å². The van der Waals surface area contributed by atoms with Crippen LogP contribution in [0.3, 0.4) is 0 Å². The summed E-state index contributed by atoms with van der Waals surface area (Å²) in [4.78, 5) is 13.1. The third-order valence-corrected chi connectivity index (χ3v) is 4.40. The molecule has 3 aromatic rings. The van der Waals surface area contributed by atoms with Gasteiger partial charge in [0.05, 0.1) is 16.1 Å². The molecule has 3 rings (SSSR count). The lowest BCUT2D eigenvalue weighted by Crippen LogP contribution is -2.21. The first-order valence-electron chi connectivity index (χ1n) is 8.20. The molecule has 0 aliphatic heterocycles. The van der Waals surface area contributed by atoms with E-state index >= 15 is 0 Å². The van der Waals surface area contributed by atoms with E-state index in [1.54, 1.807) is 12.1 Å². The van der Waals surface area contributed by atoms with Gasteiger partial charge in [-0.3, -0.25) is 15.0 Å². The molecule has 0 radical (unpaired) electrons. The SMILES string of the molecule is CCN(CC)Cc1cn(-c2cccc([N+](=O)[O-])c2)c2ccccc12. The van der Waals surface area contributed by atoms with Gasteiger partial charge in [-0.05, 0) is 30.8 Å². The molecule has 1 heterocycles. The Morgan fingerprint density at radius 3 is 2.54 bits per heavy atom. The van der Waals surface area contributed by atoms with Gasteiger partial charge in [0.1, 0.15) is 0 Å². The van der Waals surface area contributed by atoms with Crippen LogP contribution in [0.1, 0.15) is 19.4 Å². The monoisotopic (exact) mass is 323 g/mol. The van der Waals surface area contributed by atoms with E-state index in [0.717, 1.165) is 30.8 Å². The minimum Gasteiger partial charge on any atom is -0.316 e. The lowest BCUT2D eigenvalue weighted by molar-refractivity contribution is -0.384. The Bertz CT molecular complexity index is 866. The molecule has 124 valence electrons. The van der Waals surface area contributed by atoms with E-state index in [4.69, 9.17) is 0 Å². The Labute approximate surface area is 141 Å². The van der Waals surface area contributed by atoms with Crippen LogP contribution in [-0.2, 0) is 6.54 Å². The largest absolute Gasteiger partial charge is 0.316 e. The molecule has 0 aliphatic rings. The number of nitro benzene ring substituents is 1. The van der Waals surface area contributed by atoms with Gasteiger partial charge in [-0.25, -0.2) is 0 Å². The van der Waals surface area contributed by atoms with Crippen LogP contribution in [0.2, 0.25) is 0 Å². The molecule has 0 bridgehead atoms. The van der Waals surface area contributed by atoms with Crippen molar-refractivity contribution >= 4 is 16.6 Å². The fourth-order valence-electron chi connectivity index (χ4n) is 3.03. The van der Waals surface area contributed by atoms with Crippen LogP contribution in [0.25, 0.3) is 16.6 Å². The number of nitro groups is 1. The molecule has 1 aromatic heterocycles. The maximum atomic E-state index is 11.1. The second-order valence-corrected chi connectivity index (χ2v) is 5.78. The Balaban J connectivity index is 2.12. The van der Waals surface area contributed by atoms with Gasteiger partial charge in [0.15, 0.2) is 0 Å². The quantitative estimate of drug-likeness (QED) is 0.499. The summed E-state index contributed by atoms with van der Waals surface area (Å²) in [5.74, 6) is 0. The maximum absolute atomic E-state index is 11.1. The maximum Gasteiger partial charge on any atom is 0.271 e. The second-order valence-electron chi connectivity index (χ2n) is 5.78. The molecule has 0 atom stereocenters. The molecule has 24 heavy (non-hydrogen) atoms. The first-order valence-corrected chi connectivity index (χ1v) is 8.20. The normalized spacial score (nSPS) is 11.3. The Morgan fingerprint density at radius 2 is 1.83 bits per heavy atom. The lowest BCUT2D eigenvalue weighted by Gasteiger charge is -2.17. The van der Waals surface area contributed by atoms with E-state index in [1.807, 2.05) is 22.8 Å². The first-order chi connectivity index (χ1) is 11.6. The molecular weight excluding hydrogens is 302 g/mol. The summed E-state index contributed by atoms with van der Waals surface area (Å²) in [6.45, 7) is 7.17. The molecule has 0 saturated carbocycles. The zero-order valence-electron chi connectivity index (χ0n) is 14.0. The van der Waals surface area contributed by atoms with Gasteiger partial charge in [0.25, 0.3) is 5.69 Å². The molecule has 2 aromatic carbocycles. The number of rotatable bonds is 6. The summed E-state index contributed by atoms with van der Waals surface area (Å²) in [5, 5.41) is 12.3. The smallest absolute Gasteiger partial charge is 0.271 e. The van der Waals surface area contributed by atoms with Crippen molar-refractivity contribution in [1.82, 2.24) is 9.47 Å². The highest BCUT2D eigenvalue weighted by molar-refractivity contribution is 5.85. The third-order valence-electron chi connectivity index (χ3n) is 4.40. The standard InChI is InChI=1S/C19H21N3O2/c1-3-20(4-2)13-15-14-21(19-11-6-5-10-18(15)19)16-8-7-9-17(12-16)22(23)24/h5-12,14H,3-4,13H2,1-2H3. The van der Waals surface area contributed by atoms with Crippen molar-refractivity contribution < 1.29 is 4.92 Å². The van der Waals surface area contributed by atoms with Crippen LogP contribution in [0.4, 0.5) is 5.69 Å². The highest BCUT2D eigenvalue weighted by atomic mass is 16.6. The molecule has 5 nitrogen and oxygen atoms in total. The molecule has 0 saturated heterocycles. The van der Waals surface area contributed by atoms with Crippen LogP contribution in [0.5, 0.6) is 0 Å². The summed E-state index contributed by atoms with van der Waals surface area (Å²) in [5.41, 5.74) is 3.22. The van der Waals surface area contributed by atoms with Crippen molar-refractivity contribution in [2.75, 3.05) is 13.1 Å². The summed E-state index contributed by atoms with van der Waals surface area (Å²) in [6, 6.07) is 15.0. The van der Waals surface area contributed by atoms with Crippen molar-refractivity contribution in [1.29, 1.82) is 0 Å². The number of hydrogen-bond donors (Lipinski definition) is 0. The molecule has 0 fully saturated rings. The van der Waals surface area contributed by atoms with E-state index in [9.17, 15) is 10.1 Å². The summed E-state index contributed by atoms with van der Waals surface area (Å²) < 4.78 is 2.04. The number of fused-ring (bicyclic) bond motifs is 1. The molecule has 0 unspecified atom stereocenters. The minimum absolute atomic E-state index is 0.107. The van der Waals surface area contributed by atoms with Crippen LogP contribution < -0.4 is 0 Å². The molecule has 5 heteroatoms. The van der Waals surface area contributed by atoms with Crippen LogP contribution >= 0.6 is 0 Å². The molecule has 0 N–H and O–H groups in total. The van der Waals surface area contributed by atoms with E-state index in [1.165, 1.54) is 17.0 Å². The van der Waals surface area contributed by atoms with Gasteiger partial charge < -0.3 is 4.57 Å². The summed E-state index contributed by atoms with van der Waals surface area (Å²) in [6.07, 6.45) is 2.10. The van der Waals surface area contributed by atoms with Gasteiger partial charge >= 0.3 is 0 Å². The average molecular weight is 323 g/mol. The summed E-state index contributed by atoms with van der Waals surface area (Å²) in [7, 11) is 0. The van der Waals surface area contributed by atoms with Crippen molar-refractivity contribution in [2.45, 2.75) is 20.4 Å². The Hall–Kier alpha value is -2.66. The third kappa shape index (κ3) is 3.03. The van der Waals surface area contributed by atoms with Gasteiger partial charge in [-0.2, -0.15) is 0 Å².